The van der Waals surface area contributed by atoms with Crippen molar-refractivity contribution in [1.82, 2.24) is 0 Å². The highest BCUT2D eigenvalue weighted by Crippen LogP contribution is 2.29. The van der Waals surface area contributed by atoms with Gasteiger partial charge in [0.1, 0.15) is 5.84 Å². The zero-order chi connectivity index (χ0) is 13.8. The molecule has 19 heavy (non-hydrogen) atoms. The van der Waals surface area contributed by atoms with Crippen LogP contribution in [-0.2, 0) is 0 Å². The standard InChI is InChI=1S/C16H20N2S/c1-3-11(4-2)8-9-12-6-5-7-14-13(12)10-15(19-14)16(17)18/h5-11H,3-4H2,1-2H3,(H3,17,18). The Morgan fingerprint density at radius 2 is 2.11 bits per heavy atom. The van der Waals surface area contributed by atoms with Crippen molar-refractivity contribution in [3.05, 3.63) is 40.8 Å². The highest BCUT2D eigenvalue weighted by molar-refractivity contribution is 7.20. The van der Waals surface area contributed by atoms with Crippen LogP contribution in [0, 0.1) is 11.3 Å². The van der Waals surface area contributed by atoms with Gasteiger partial charge in [0.25, 0.3) is 0 Å². The second-order valence-corrected chi connectivity index (χ2v) is 5.80. The van der Waals surface area contributed by atoms with Crippen LogP contribution in [0.2, 0.25) is 0 Å². The third kappa shape index (κ3) is 3.04. The van der Waals surface area contributed by atoms with Gasteiger partial charge < -0.3 is 5.73 Å². The number of nitrogen functional groups attached to an aromatic ring is 1. The first kappa shape index (κ1) is 13.8. The molecule has 1 heterocycles. The predicted molar refractivity (Wildman–Crippen MR) is 85.9 cm³/mol. The van der Waals surface area contributed by atoms with E-state index in [2.05, 4.69) is 44.2 Å². The molecule has 0 amide bonds. The summed E-state index contributed by atoms with van der Waals surface area (Å²) in [5, 5.41) is 8.73. The maximum Gasteiger partial charge on any atom is 0.133 e. The summed E-state index contributed by atoms with van der Waals surface area (Å²) in [6.07, 6.45) is 6.84. The average molecular weight is 272 g/mol. The van der Waals surface area contributed by atoms with Crippen LogP contribution in [0.3, 0.4) is 0 Å². The topological polar surface area (TPSA) is 49.9 Å². The molecule has 3 N–H and O–H groups in total. The van der Waals surface area contributed by atoms with Gasteiger partial charge in [-0.05, 0) is 36.5 Å². The van der Waals surface area contributed by atoms with E-state index in [1.54, 1.807) is 11.3 Å². The molecule has 1 aromatic carbocycles. The summed E-state index contributed by atoms with van der Waals surface area (Å²) in [5.74, 6) is 0.789. The van der Waals surface area contributed by atoms with Crippen LogP contribution in [-0.4, -0.2) is 5.84 Å². The van der Waals surface area contributed by atoms with Crippen molar-refractivity contribution in [2.24, 2.45) is 11.7 Å². The molecule has 3 heteroatoms. The van der Waals surface area contributed by atoms with Gasteiger partial charge in [-0.1, -0.05) is 38.1 Å². The largest absolute Gasteiger partial charge is 0.383 e. The van der Waals surface area contributed by atoms with Crippen molar-refractivity contribution < 1.29 is 0 Å². The second-order valence-electron chi connectivity index (χ2n) is 4.72. The maximum atomic E-state index is 7.54. The molecule has 0 spiro atoms. The number of hydrogen-bond donors (Lipinski definition) is 2. The fraction of sp³-hybridized carbons (Fsp3) is 0.312. The van der Waals surface area contributed by atoms with Gasteiger partial charge in [-0.2, -0.15) is 0 Å². The van der Waals surface area contributed by atoms with E-state index in [4.69, 9.17) is 11.1 Å². The number of allylic oxidation sites excluding steroid dienone is 1. The number of fused-ring (bicyclic) bond motifs is 1. The molecule has 0 fully saturated rings. The minimum atomic E-state index is 0.149. The van der Waals surface area contributed by atoms with Crippen molar-refractivity contribution in [3.8, 4) is 0 Å². The molecule has 0 bridgehead atoms. The Morgan fingerprint density at radius 1 is 1.37 bits per heavy atom. The van der Waals surface area contributed by atoms with Crippen molar-refractivity contribution in [3.63, 3.8) is 0 Å². The first-order valence-corrected chi connectivity index (χ1v) is 7.52. The fourth-order valence-corrected chi connectivity index (χ4v) is 3.12. The quantitative estimate of drug-likeness (QED) is 0.605. The number of thiophene rings is 1. The second kappa shape index (κ2) is 6.02. The van der Waals surface area contributed by atoms with Crippen molar-refractivity contribution in [2.75, 3.05) is 0 Å². The maximum absolute atomic E-state index is 7.54. The molecule has 2 nitrogen and oxygen atoms in total. The molecular weight excluding hydrogens is 252 g/mol. The van der Waals surface area contributed by atoms with Crippen molar-refractivity contribution >= 4 is 33.3 Å². The Morgan fingerprint density at radius 3 is 2.74 bits per heavy atom. The van der Waals surface area contributed by atoms with Gasteiger partial charge >= 0.3 is 0 Å². The average Bonchev–Trinajstić information content (AvgIpc) is 2.84. The normalized spacial score (nSPS) is 11.7. The van der Waals surface area contributed by atoms with Gasteiger partial charge in [-0.25, -0.2) is 0 Å². The monoisotopic (exact) mass is 272 g/mol. The van der Waals surface area contributed by atoms with Crippen LogP contribution in [0.25, 0.3) is 16.2 Å². The summed E-state index contributed by atoms with van der Waals surface area (Å²) in [6, 6.07) is 8.29. The van der Waals surface area contributed by atoms with Gasteiger partial charge in [0.2, 0.25) is 0 Å². The van der Waals surface area contributed by atoms with Crippen LogP contribution >= 0.6 is 11.3 Å². The Hall–Kier alpha value is -1.61. The molecule has 0 saturated carbocycles. The van der Waals surface area contributed by atoms with E-state index in [1.807, 2.05) is 6.07 Å². The number of nitrogens with two attached hydrogens (primary N) is 1. The Kier molecular flexibility index (Phi) is 4.38. The summed E-state index contributed by atoms with van der Waals surface area (Å²) in [6.45, 7) is 4.44. The number of hydrogen-bond acceptors (Lipinski definition) is 2. The van der Waals surface area contributed by atoms with E-state index in [0.29, 0.717) is 5.92 Å². The molecule has 0 atom stereocenters. The first-order chi connectivity index (χ1) is 9.15. The van der Waals surface area contributed by atoms with Gasteiger partial charge in [0.15, 0.2) is 0 Å². The van der Waals surface area contributed by atoms with Crippen LogP contribution in [0.15, 0.2) is 30.3 Å². The molecule has 1 aromatic heterocycles. The lowest BCUT2D eigenvalue weighted by molar-refractivity contribution is 0.609. The van der Waals surface area contributed by atoms with Crippen molar-refractivity contribution in [2.45, 2.75) is 26.7 Å². The fourth-order valence-electron chi connectivity index (χ4n) is 2.16. The molecule has 2 aromatic rings. The Bertz CT molecular complexity index is 606. The number of amidine groups is 1. The lowest BCUT2D eigenvalue weighted by Crippen LogP contribution is -2.08. The molecule has 0 aliphatic heterocycles. The Balaban J connectivity index is 2.40. The van der Waals surface area contributed by atoms with Crippen LogP contribution in [0.1, 0.15) is 37.1 Å². The number of nitrogens with one attached hydrogen (secondary N) is 1. The minimum absolute atomic E-state index is 0.149. The van der Waals surface area contributed by atoms with E-state index in [-0.39, 0.29) is 5.84 Å². The van der Waals surface area contributed by atoms with E-state index < -0.39 is 0 Å². The summed E-state index contributed by atoms with van der Waals surface area (Å²) < 4.78 is 1.19. The van der Waals surface area contributed by atoms with E-state index in [1.165, 1.54) is 28.5 Å². The lowest BCUT2D eigenvalue weighted by Gasteiger charge is -2.05. The first-order valence-electron chi connectivity index (χ1n) is 6.70. The summed E-state index contributed by atoms with van der Waals surface area (Å²) >= 11 is 1.58. The molecule has 0 saturated heterocycles. The number of benzene rings is 1. The zero-order valence-electron chi connectivity index (χ0n) is 11.4. The minimum Gasteiger partial charge on any atom is -0.383 e. The highest BCUT2D eigenvalue weighted by Gasteiger charge is 2.06. The molecular formula is C16H20N2S. The zero-order valence-corrected chi connectivity index (χ0v) is 12.3. The Labute approximate surface area is 118 Å². The van der Waals surface area contributed by atoms with Gasteiger partial charge in [0, 0.05) is 10.1 Å². The van der Waals surface area contributed by atoms with Gasteiger partial charge in [-0.15, -0.1) is 11.3 Å². The van der Waals surface area contributed by atoms with E-state index in [0.717, 1.165) is 4.88 Å². The molecule has 0 radical (unpaired) electrons. The molecule has 0 aliphatic rings. The molecule has 2 rings (SSSR count). The number of rotatable bonds is 5. The van der Waals surface area contributed by atoms with Gasteiger partial charge in [0.05, 0.1) is 4.88 Å². The smallest absolute Gasteiger partial charge is 0.133 e. The molecule has 100 valence electrons. The highest BCUT2D eigenvalue weighted by atomic mass is 32.1. The third-order valence-corrected chi connectivity index (χ3v) is 4.59. The third-order valence-electron chi connectivity index (χ3n) is 3.46. The van der Waals surface area contributed by atoms with Gasteiger partial charge in [-0.3, -0.25) is 5.41 Å². The predicted octanol–water partition coefficient (Wildman–Crippen LogP) is 4.63. The van der Waals surface area contributed by atoms with Crippen LogP contribution in [0.4, 0.5) is 0 Å². The van der Waals surface area contributed by atoms with Crippen molar-refractivity contribution in [1.29, 1.82) is 5.41 Å². The molecule has 0 unspecified atom stereocenters. The van der Waals surface area contributed by atoms with E-state index >= 15 is 0 Å². The molecule has 0 aliphatic carbocycles. The van der Waals surface area contributed by atoms with Crippen LogP contribution < -0.4 is 5.73 Å². The summed E-state index contributed by atoms with van der Waals surface area (Å²) in [4.78, 5) is 0.846. The summed E-state index contributed by atoms with van der Waals surface area (Å²) in [5.41, 5.74) is 6.78. The summed E-state index contributed by atoms with van der Waals surface area (Å²) in [7, 11) is 0. The lowest BCUT2D eigenvalue weighted by atomic mass is 10.0. The SMILES string of the molecule is CCC(C=Cc1cccc2sc(C(=N)N)cc12)CC. The van der Waals surface area contributed by atoms with E-state index in [9.17, 15) is 0 Å². The van der Waals surface area contributed by atoms with Crippen LogP contribution in [0.5, 0.6) is 0 Å².